The van der Waals surface area contributed by atoms with Crippen LogP contribution in [0.15, 0.2) is 24.5 Å². The zero-order chi connectivity index (χ0) is 11.4. The summed E-state index contributed by atoms with van der Waals surface area (Å²) >= 11 is 0. The Kier molecular flexibility index (Phi) is 3.36. The summed E-state index contributed by atoms with van der Waals surface area (Å²) in [5.74, 6) is 0.876. The Morgan fingerprint density at radius 3 is 3.12 bits per heavy atom. The van der Waals surface area contributed by atoms with Crippen LogP contribution in [0.1, 0.15) is 12.2 Å². The maximum absolute atomic E-state index is 11.7. The van der Waals surface area contributed by atoms with E-state index in [9.17, 15) is 4.79 Å². The van der Waals surface area contributed by atoms with Gasteiger partial charge in [-0.3, -0.25) is 4.79 Å². The molecule has 5 nitrogen and oxygen atoms in total. The van der Waals surface area contributed by atoms with Crippen LogP contribution in [0.4, 0.5) is 0 Å². The number of amides is 1. The fourth-order valence-electron chi connectivity index (χ4n) is 1.79. The Hall–Kier alpha value is -1.62. The van der Waals surface area contributed by atoms with Gasteiger partial charge in [0.05, 0.1) is 5.92 Å². The van der Waals surface area contributed by atoms with Crippen LogP contribution in [0, 0.1) is 5.92 Å². The maximum atomic E-state index is 11.7. The van der Waals surface area contributed by atoms with Gasteiger partial charge in [0.15, 0.2) is 0 Å². The molecular weight excluding hydrogens is 204 g/mol. The van der Waals surface area contributed by atoms with Crippen LogP contribution in [-0.2, 0) is 11.2 Å². The minimum atomic E-state index is -0.0633. The maximum Gasteiger partial charge on any atom is 0.227 e. The molecule has 16 heavy (non-hydrogen) atoms. The number of nitrogens with one attached hydrogen (secondary N) is 2. The molecule has 5 heteroatoms. The molecule has 1 heterocycles. The normalized spacial score (nSPS) is 23.6. The lowest BCUT2D eigenvalue weighted by Crippen LogP contribution is -2.32. The molecule has 1 amide bonds. The van der Waals surface area contributed by atoms with Crippen molar-refractivity contribution in [2.75, 3.05) is 6.54 Å². The molecule has 86 valence electrons. The molecule has 0 saturated carbocycles. The summed E-state index contributed by atoms with van der Waals surface area (Å²) in [7, 11) is 0. The van der Waals surface area contributed by atoms with Gasteiger partial charge >= 0.3 is 0 Å². The van der Waals surface area contributed by atoms with Crippen molar-refractivity contribution in [3.05, 3.63) is 30.4 Å². The van der Waals surface area contributed by atoms with Crippen LogP contribution in [0.3, 0.4) is 0 Å². The molecule has 1 aliphatic carbocycles. The second-order valence-corrected chi connectivity index (χ2v) is 3.97. The Morgan fingerprint density at radius 2 is 2.50 bits per heavy atom. The van der Waals surface area contributed by atoms with Crippen LogP contribution in [0.2, 0.25) is 0 Å². The van der Waals surface area contributed by atoms with E-state index in [1.165, 1.54) is 0 Å². The first-order valence-electron chi connectivity index (χ1n) is 5.45. The fraction of sp³-hybridized carbons (Fsp3) is 0.455. The van der Waals surface area contributed by atoms with E-state index in [4.69, 9.17) is 5.73 Å². The molecule has 0 aliphatic heterocycles. The topological polar surface area (TPSA) is 83.8 Å². The van der Waals surface area contributed by atoms with Gasteiger partial charge in [-0.2, -0.15) is 0 Å². The van der Waals surface area contributed by atoms with Gasteiger partial charge < -0.3 is 16.0 Å². The predicted octanol–water partition coefficient (Wildman–Crippen LogP) is -0.0282. The molecule has 0 spiro atoms. The Bertz CT molecular complexity index is 371. The van der Waals surface area contributed by atoms with Crippen molar-refractivity contribution in [3.8, 4) is 0 Å². The first-order valence-corrected chi connectivity index (χ1v) is 5.45. The number of aromatic amines is 1. The van der Waals surface area contributed by atoms with Gasteiger partial charge in [-0.15, -0.1) is 0 Å². The summed E-state index contributed by atoms with van der Waals surface area (Å²) in [5, 5.41) is 2.88. The number of carbonyl (C=O) groups excluding carboxylic acids is 1. The van der Waals surface area contributed by atoms with Crippen molar-refractivity contribution < 1.29 is 4.79 Å². The monoisotopic (exact) mass is 220 g/mol. The summed E-state index contributed by atoms with van der Waals surface area (Å²) in [6.07, 6.45) is 8.68. The Balaban J connectivity index is 1.70. The molecule has 1 aliphatic rings. The third-order valence-electron chi connectivity index (χ3n) is 2.67. The summed E-state index contributed by atoms with van der Waals surface area (Å²) in [6.45, 7) is 0.603. The van der Waals surface area contributed by atoms with E-state index in [1.807, 2.05) is 12.2 Å². The number of nitrogens with zero attached hydrogens (tertiary/aromatic N) is 1. The molecule has 2 atom stereocenters. The highest BCUT2D eigenvalue weighted by Gasteiger charge is 2.21. The molecule has 1 aromatic rings. The lowest BCUT2D eigenvalue weighted by atomic mass is 10.1. The summed E-state index contributed by atoms with van der Waals surface area (Å²) in [4.78, 5) is 18.7. The second-order valence-electron chi connectivity index (χ2n) is 3.97. The molecule has 0 bridgehead atoms. The number of imidazole rings is 1. The molecule has 4 N–H and O–H groups in total. The average molecular weight is 220 g/mol. The van der Waals surface area contributed by atoms with Gasteiger partial charge in [0.2, 0.25) is 5.91 Å². The number of rotatable bonds is 4. The summed E-state index contributed by atoms with van der Waals surface area (Å²) in [6, 6.07) is 0.0285. The van der Waals surface area contributed by atoms with E-state index in [0.717, 1.165) is 12.2 Å². The molecule has 0 radical (unpaired) electrons. The van der Waals surface area contributed by atoms with Crippen molar-refractivity contribution in [1.82, 2.24) is 15.3 Å². The molecular formula is C11H16N4O. The number of nitrogens with two attached hydrogens (primary N) is 1. The SMILES string of the molecule is NC1C=CC(C(=O)NCCc2ncc[nH]2)C1. The van der Waals surface area contributed by atoms with E-state index in [1.54, 1.807) is 12.4 Å². The highest BCUT2D eigenvalue weighted by molar-refractivity contribution is 5.81. The van der Waals surface area contributed by atoms with Crippen molar-refractivity contribution in [1.29, 1.82) is 0 Å². The van der Waals surface area contributed by atoms with Gasteiger partial charge in [-0.05, 0) is 6.42 Å². The lowest BCUT2D eigenvalue weighted by Gasteiger charge is -2.09. The Morgan fingerprint density at radius 1 is 1.62 bits per heavy atom. The summed E-state index contributed by atoms with van der Waals surface area (Å²) in [5.41, 5.74) is 5.69. The third-order valence-corrected chi connectivity index (χ3v) is 2.67. The molecule has 0 aromatic carbocycles. The van der Waals surface area contributed by atoms with Crippen molar-refractivity contribution in [2.45, 2.75) is 18.9 Å². The van der Waals surface area contributed by atoms with Crippen LogP contribution in [0.25, 0.3) is 0 Å². The number of aromatic nitrogens is 2. The van der Waals surface area contributed by atoms with Gasteiger partial charge in [-0.1, -0.05) is 12.2 Å². The first kappa shape index (κ1) is 10.9. The molecule has 1 aromatic heterocycles. The fourth-order valence-corrected chi connectivity index (χ4v) is 1.79. The molecule has 2 unspecified atom stereocenters. The lowest BCUT2D eigenvalue weighted by molar-refractivity contribution is -0.123. The largest absolute Gasteiger partial charge is 0.355 e. The van der Waals surface area contributed by atoms with E-state index < -0.39 is 0 Å². The molecule has 0 fully saturated rings. The van der Waals surface area contributed by atoms with Crippen LogP contribution >= 0.6 is 0 Å². The second kappa shape index (κ2) is 4.94. The van der Waals surface area contributed by atoms with Crippen LogP contribution < -0.4 is 11.1 Å². The third kappa shape index (κ3) is 2.70. The number of carbonyl (C=O) groups is 1. The number of H-pyrrole nitrogens is 1. The highest BCUT2D eigenvalue weighted by atomic mass is 16.1. The zero-order valence-corrected chi connectivity index (χ0v) is 9.02. The van der Waals surface area contributed by atoms with Crippen molar-refractivity contribution in [3.63, 3.8) is 0 Å². The molecule has 0 saturated heterocycles. The molecule has 2 rings (SSSR count). The quantitative estimate of drug-likeness (QED) is 0.623. The highest BCUT2D eigenvalue weighted by Crippen LogP contribution is 2.15. The average Bonchev–Trinajstić information content (AvgIpc) is 2.89. The smallest absolute Gasteiger partial charge is 0.227 e. The van der Waals surface area contributed by atoms with E-state index in [0.29, 0.717) is 13.0 Å². The van der Waals surface area contributed by atoms with Gasteiger partial charge in [0.25, 0.3) is 0 Å². The minimum Gasteiger partial charge on any atom is -0.355 e. The van der Waals surface area contributed by atoms with Crippen molar-refractivity contribution >= 4 is 5.91 Å². The van der Waals surface area contributed by atoms with E-state index in [2.05, 4.69) is 15.3 Å². The minimum absolute atomic E-state index is 0.0285. The predicted molar refractivity (Wildman–Crippen MR) is 60.5 cm³/mol. The summed E-state index contributed by atoms with van der Waals surface area (Å²) < 4.78 is 0. The van der Waals surface area contributed by atoms with Gasteiger partial charge in [-0.25, -0.2) is 4.98 Å². The van der Waals surface area contributed by atoms with Gasteiger partial charge in [0, 0.05) is 31.4 Å². The van der Waals surface area contributed by atoms with E-state index >= 15 is 0 Å². The van der Waals surface area contributed by atoms with E-state index in [-0.39, 0.29) is 17.9 Å². The Labute approximate surface area is 94.1 Å². The zero-order valence-electron chi connectivity index (χ0n) is 9.02. The van der Waals surface area contributed by atoms with Crippen LogP contribution in [0.5, 0.6) is 0 Å². The van der Waals surface area contributed by atoms with Crippen molar-refractivity contribution in [2.24, 2.45) is 11.7 Å². The number of hydrogen-bond acceptors (Lipinski definition) is 3. The van der Waals surface area contributed by atoms with Gasteiger partial charge in [0.1, 0.15) is 5.82 Å². The standard InChI is InChI=1S/C11H16N4O/c12-9-2-1-8(7-9)11(16)15-4-3-10-13-5-6-14-10/h1-2,5-6,8-9H,3-4,7,12H2,(H,13,14)(H,15,16). The number of hydrogen-bond donors (Lipinski definition) is 3. The van der Waals surface area contributed by atoms with Crippen LogP contribution in [-0.4, -0.2) is 28.5 Å². The first-order chi connectivity index (χ1) is 7.75.